The van der Waals surface area contributed by atoms with E-state index in [1.807, 2.05) is 0 Å². The molecular formula is C21H24FN9O8P2S3. The van der Waals surface area contributed by atoms with Crippen molar-refractivity contribution in [3.63, 3.8) is 0 Å². The third-order valence-corrected chi connectivity index (χ3v) is 12.1. The lowest BCUT2D eigenvalue weighted by Crippen LogP contribution is -2.51. The topological polar surface area (TPSA) is 224 Å². The first-order valence-corrected chi connectivity index (χ1v) is 19.1. The lowest BCUT2D eigenvalue weighted by molar-refractivity contribution is -0.119. The second kappa shape index (κ2) is 11.4. The number of amidine groups is 1. The second-order valence-corrected chi connectivity index (χ2v) is 17.2. The number of carbonyl (C=O) groups is 1. The lowest BCUT2D eigenvalue weighted by atomic mass is 10.1. The molecule has 17 nitrogen and oxygen atoms in total. The predicted octanol–water partition coefficient (Wildman–Crippen LogP) is 0.507. The van der Waals surface area contributed by atoms with E-state index in [-0.39, 0.29) is 35.9 Å². The summed E-state index contributed by atoms with van der Waals surface area (Å²) in [6.45, 7) is -8.65. The third kappa shape index (κ3) is 5.62. The van der Waals surface area contributed by atoms with Crippen LogP contribution in [0.4, 0.5) is 10.2 Å². The zero-order valence-electron chi connectivity index (χ0n) is 22.2. The van der Waals surface area contributed by atoms with Crippen LogP contribution in [0.25, 0.3) is 11.0 Å². The first-order chi connectivity index (χ1) is 20.9. The number of anilines is 1. The van der Waals surface area contributed by atoms with E-state index >= 15 is 4.39 Å². The van der Waals surface area contributed by atoms with Crippen molar-refractivity contribution in [3.8, 4) is 0 Å². The van der Waals surface area contributed by atoms with E-state index < -0.39 is 68.1 Å². The van der Waals surface area contributed by atoms with E-state index in [0.29, 0.717) is 11.0 Å². The monoisotopic (exact) mass is 707 g/mol. The van der Waals surface area contributed by atoms with E-state index in [1.165, 1.54) is 35.2 Å². The van der Waals surface area contributed by atoms with E-state index in [2.05, 4.69) is 25.3 Å². The molecule has 2 aromatic rings. The molecule has 23 heteroatoms. The molecule has 0 radical (unpaired) electrons. The van der Waals surface area contributed by atoms with Crippen LogP contribution in [0, 0.1) is 5.41 Å². The fourth-order valence-corrected chi connectivity index (χ4v) is 10.1. The fourth-order valence-electron chi connectivity index (χ4n) is 5.50. The van der Waals surface area contributed by atoms with Gasteiger partial charge in [0, 0.05) is 11.4 Å². The highest BCUT2D eigenvalue weighted by atomic mass is 32.5. The average molecular weight is 708 g/mol. The summed E-state index contributed by atoms with van der Waals surface area (Å²) >= 11 is 11.9. The molecule has 5 aliphatic heterocycles. The molecule has 3 saturated heterocycles. The molecule has 0 aromatic carbocycles. The number of halogens is 1. The predicted molar refractivity (Wildman–Crippen MR) is 163 cm³/mol. The largest absolute Gasteiger partial charge is 0.383 e. The van der Waals surface area contributed by atoms with Crippen LogP contribution >= 0.6 is 25.2 Å². The Hall–Kier alpha value is -2.00. The minimum atomic E-state index is -4.04. The van der Waals surface area contributed by atoms with E-state index in [9.17, 15) is 14.6 Å². The molecule has 3 fully saturated rings. The Morgan fingerprint density at radius 3 is 2.77 bits per heavy atom. The Labute approximate surface area is 262 Å². The number of hydrogen-bond acceptors (Lipinski definition) is 15. The van der Waals surface area contributed by atoms with Crippen molar-refractivity contribution < 1.29 is 41.8 Å². The number of aromatic nitrogens is 3. The molecule has 1 amide bonds. The summed E-state index contributed by atoms with van der Waals surface area (Å²) < 4.78 is 46.4. The molecule has 6 N–H and O–H groups in total. The molecule has 0 spiro atoms. The SMILES string of the molecule is N=C1N=C2C(N=CN2[C@@H]2S[C@@H]3COP(O)(=S)O[C@H]4[C@H](F)[C@H](n5ccc6c(N)ncnc65)O[C@@H]4COP(O)(=S)O[C@@H]2C3)C(=O)N1. The van der Waals surface area contributed by atoms with Gasteiger partial charge in [-0.05, 0) is 36.1 Å². The van der Waals surface area contributed by atoms with Crippen molar-refractivity contribution in [2.75, 3.05) is 18.9 Å². The van der Waals surface area contributed by atoms with Gasteiger partial charge < -0.3 is 43.3 Å². The Balaban J connectivity index is 1.15. The average Bonchev–Trinajstić information content (AvgIpc) is 3.72. The number of guanidine groups is 1. The number of amides is 1. The zero-order chi connectivity index (χ0) is 31.0. The molecule has 5 aliphatic rings. The number of nitrogen functional groups attached to an aromatic ring is 1. The van der Waals surface area contributed by atoms with Crippen LogP contribution in [0.3, 0.4) is 0 Å². The number of ether oxygens (including phenoxy) is 1. The van der Waals surface area contributed by atoms with Crippen molar-refractivity contribution >= 4 is 89.7 Å². The molecule has 7 heterocycles. The summed E-state index contributed by atoms with van der Waals surface area (Å²) in [6.07, 6.45) is -2.24. The molecule has 2 bridgehead atoms. The van der Waals surface area contributed by atoms with Gasteiger partial charge in [0.05, 0.1) is 31.0 Å². The van der Waals surface area contributed by atoms with Crippen LogP contribution in [-0.2, 0) is 51.2 Å². The van der Waals surface area contributed by atoms with Crippen LogP contribution < -0.4 is 11.1 Å². The number of thioether (sulfide) groups is 1. The number of rotatable bonds is 2. The third-order valence-electron chi connectivity index (χ3n) is 7.42. The normalized spacial score (nSPS) is 41.0. The summed E-state index contributed by atoms with van der Waals surface area (Å²) in [5, 5.41) is 9.62. The van der Waals surface area contributed by atoms with Gasteiger partial charge >= 0.3 is 13.4 Å². The summed E-state index contributed by atoms with van der Waals surface area (Å²) in [5.41, 5.74) is 6.23. The van der Waals surface area contributed by atoms with Gasteiger partial charge in [0.2, 0.25) is 5.96 Å². The molecule has 2 aromatic heterocycles. The van der Waals surface area contributed by atoms with Gasteiger partial charge in [0.15, 0.2) is 18.4 Å². The maximum absolute atomic E-state index is 16.0. The van der Waals surface area contributed by atoms with Crippen molar-refractivity contribution in [1.29, 1.82) is 5.41 Å². The van der Waals surface area contributed by atoms with E-state index in [1.54, 1.807) is 11.0 Å². The van der Waals surface area contributed by atoms with Crippen LogP contribution in [0.2, 0.25) is 0 Å². The number of carbonyl (C=O) groups excluding carboxylic acids is 1. The van der Waals surface area contributed by atoms with Gasteiger partial charge in [0.1, 0.15) is 41.2 Å². The van der Waals surface area contributed by atoms with Crippen molar-refractivity contribution in [2.45, 2.75) is 53.8 Å². The van der Waals surface area contributed by atoms with E-state index in [4.69, 9.17) is 57.6 Å². The minimum absolute atomic E-state index is 0.127. The van der Waals surface area contributed by atoms with E-state index in [0.717, 1.165) is 0 Å². The van der Waals surface area contributed by atoms with Crippen LogP contribution in [0.15, 0.2) is 28.6 Å². The summed E-state index contributed by atoms with van der Waals surface area (Å²) in [6, 6.07) is 0.661. The van der Waals surface area contributed by atoms with Crippen LogP contribution in [0.5, 0.6) is 0 Å². The molecule has 44 heavy (non-hydrogen) atoms. The maximum atomic E-state index is 16.0. The van der Waals surface area contributed by atoms with Gasteiger partial charge in [-0.15, -0.1) is 11.8 Å². The highest BCUT2D eigenvalue weighted by Gasteiger charge is 2.52. The molecule has 0 saturated carbocycles. The molecular weight excluding hydrogens is 683 g/mol. The number of nitrogens with zero attached hydrogens (tertiary/aromatic N) is 6. The zero-order valence-corrected chi connectivity index (χ0v) is 26.4. The molecule has 10 atom stereocenters. The summed E-state index contributed by atoms with van der Waals surface area (Å²) in [5.74, 6) is -0.441. The van der Waals surface area contributed by atoms with Gasteiger partial charge in [0.25, 0.3) is 5.91 Å². The molecule has 236 valence electrons. The number of hydrogen-bond donors (Lipinski definition) is 5. The highest BCUT2D eigenvalue weighted by Crippen LogP contribution is 2.55. The first-order valence-electron chi connectivity index (χ1n) is 13.0. The maximum Gasteiger partial charge on any atom is 0.325 e. The Bertz CT molecular complexity index is 1700. The molecule has 3 unspecified atom stereocenters. The smallest absolute Gasteiger partial charge is 0.325 e. The van der Waals surface area contributed by atoms with Crippen LogP contribution in [-0.4, -0.2) is 108 Å². The summed E-state index contributed by atoms with van der Waals surface area (Å²) in [7, 11) is 0. The standard InChI is InChI=1S/C21H24FN9O8P2S3/c22-12-14-11(37-19(12)30-2-1-9-15(23)25-6-26-16(9)30)5-36-40(33,42)38-10-3-8(4-35-41(34,43)39-14)44-20(10)31-7-27-13-17(31)28-21(24)29-18(13)32/h1-2,6-8,10-14,19-20H,3-5H2,(H,33,42)(H,34,43)(H2,23,25,26)(H2,24,29,32)/t8-,10+,11+,12-,13?,14+,19+,20+,40?,41?/m0/s1. The number of nitrogens with two attached hydrogens (primary N) is 1. The molecule has 0 aliphatic carbocycles. The highest BCUT2D eigenvalue weighted by molar-refractivity contribution is 8.07. The lowest BCUT2D eigenvalue weighted by Gasteiger charge is -2.32. The van der Waals surface area contributed by atoms with Gasteiger partial charge in [-0.1, -0.05) is 0 Å². The number of nitrogens with one attached hydrogen (secondary N) is 2. The quantitative estimate of drug-likeness (QED) is 0.268. The van der Waals surface area contributed by atoms with Crippen LogP contribution in [0.1, 0.15) is 12.6 Å². The second-order valence-electron chi connectivity index (χ2n) is 10.2. The van der Waals surface area contributed by atoms with Gasteiger partial charge in [-0.3, -0.25) is 25.0 Å². The first kappa shape index (κ1) is 30.6. The van der Waals surface area contributed by atoms with Crippen molar-refractivity contribution in [2.24, 2.45) is 9.98 Å². The number of aliphatic imine (C=N–C) groups is 2. The van der Waals surface area contributed by atoms with Crippen molar-refractivity contribution in [3.05, 3.63) is 18.6 Å². The Morgan fingerprint density at radius 2 is 1.95 bits per heavy atom. The minimum Gasteiger partial charge on any atom is -0.383 e. The van der Waals surface area contributed by atoms with Gasteiger partial charge in [-0.2, -0.15) is 4.99 Å². The number of alkyl halides is 1. The fraction of sp³-hybridized carbons (Fsp3) is 0.524. The molecule has 7 rings (SSSR count). The Morgan fingerprint density at radius 1 is 1.18 bits per heavy atom. The number of fused-ring (bicyclic) bond motifs is 5. The summed E-state index contributed by atoms with van der Waals surface area (Å²) in [4.78, 5) is 52.5. The van der Waals surface area contributed by atoms with Crippen molar-refractivity contribution in [1.82, 2.24) is 24.8 Å². The Kier molecular flexibility index (Phi) is 7.91. The van der Waals surface area contributed by atoms with Gasteiger partial charge in [-0.25, -0.2) is 14.4 Å².